The van der Waals surface area contributed by atoms with Gasteiger partial charge < -0.3 is 0 Å². The van der Waals surface area contributed by atoms with Gasteiger partial charge in [0.25, 0.3) is 0 Å². The molecule has 1 nitrogen and oxygen atoms in total. The van der Waals surface area contributed by atoms with E-state index in [1.54, 1.807) is 0 Å². The fraction of sp³-hybridized carbons (Fsp3) is 0.308. The standard InChI is InChI=1S/C11H11N.C2H6/c1-9-4-2-3-5-10-8-12-7-6-11(9)10;1-2/h3-8H,2H2,1H3;1-2H3. The van der Waals surface area contributed by atoms with Gasteiger partial charge >= 0.3 is 0 Å². The lowest BCUT2D eigenvalue weighted by atomic mass is 10.0. The Morgan fingerprint density at radius 3 is 2.86 bits per heavy atom. The van der Waals surface area contributed by atoms with Crippen LogP contribution in [0.5, 0.6) is 0 Å². The lowest BCUT2D eigenvalue weighted by Crippen LogP contribution is -1.85. The SMILES string of the molecule is CC.CC1=CCC=Cc2cnccc21. The van der Waals surface area contributed by atoms with E-state index in [0.29, 0.717) is 0 Å². The predicted octanol–water partition coefficient (Wildman–Crippen LogP) is 3.93. The van der Waals surface area contributed by atoms with Crippen molar-refractivity contribution in [3.8, 4) is 0 Å². The van der Waals surface area contributed by atoms with Crippen LogP contribution in [0.15, 0.2) is 30.6 Å². The molecule has 0 atom stereocenters. The van der Waals surface area contributed by atoms with Gasteiger partial charge in [0.05, 0.1) is 0 Å². The zero-order valence-corrected chi connectivity index (χ0v) is 9.12. The molecule has 0 aliphatic heterocycles. The Hall–Kier alpha value is -1.37. The molecule has 1 heteroatoms. The number of aromatic nitrogens is 1. The average molecular weight is 187 g/mol. The van der Waals surface area contributed by atoms with E-state index >= 15 is 0 Å². The second-order valence-corrected chi connectivity index (χ2v) is 2.99. The van der Waals surface area contributed by atoms with Crippen LogP contribution in [-0.4, -0.2) is 4.98 Å². The van der Waals surface area contributed by atoms with Crippen LogP contribution in [0.2, 0.25) is 0 Å². The van der Waals surface area contributed by atoms with Gasteiger partial charge in [-0.2, -0.15) is 0 Å². The first kappa shape index (κ1) is 10.7. The van der Waals surface area contributed by atoms with E-state index in [1.807, 2.05) is 26.2 Å². The van der Waals surface area contributed by atoms with E-state index in [2.05, 4.69) is 36.2 Å². The third-order valence-corrected chi connectivity index (χ3v) is 2.13. The van der Waals surface area contributed by atoms with Crippen LogP contribution < -0.4 is 0 Å². The smallest absolute Gasteiger partial charge is 0.0346 e. The van der Waals surface area contributed by atoms with Crippen LogP contribution in [0.1, 0.15) is 38.3 Å². The van der Waals surface area contributed by atoms with Gasteiger partial charge in [-0.1, -0.05) is 32.1 Å². The molecule has 2 rings (SSSR count). The fourth-order valence-electron chi connectivity index (χ4n) is 1.45. The summed E-state index contributed by atoms with van der Waals surface area (Å²) in [7, 11) is 0. The lowest BCUT2D eigenvalue weighted by Gasteiger charge is -2.02. The van der Waals surface area contributed by atoms with Crippen molar-refractivity contribution in [3.05, 3.63) is 41.7 Å². The minimum Gasteiger partial charge on any atom is -0.264 e. The maximum atomic E-state index is 4.10. The molecular weight excluding hydrogens is 170 g/mol. The zero-order valence-electron chi connectivity index (χ0n) is 9.12. The molecule has 0 amide bonds. The second kappa shape index (κ2) is 5.38. The van der Waals surface area contributed by atoms with Gasteiger partial charge in [-0.15, -0.1) is 0 Å². The summed E-state index contributed by atoms with van der Waals surface area (Å²) in [6.45, 7) is 6.14. The molecule has 0 spiro atoms. The van der Waals surface area contributed by atoms with E-state index in [0.717, 1.165) is 6.42 Å². The molecule has 74 valence electrons. The van der Waals surface area contributed by atoms with Gasteiger partial charge in [-0.25, -0.2) is 0 Å². The number of hydrogen-bond donors (Lipinski definition) is 0. The Kier molecular flexibility index (Phi) is 4.11. The van der Waals surface area contributed by atoms with E-state index in [1.165, 1.54) is 16.7 Å². The summed E-state index contributed by atoms with van der Waals surface area (Å²) < 4.78 is 0. The molecule has 0 radical (unpaired) electrons. The highest BCUT2D eigenvalue weighted by molar-refractivity contribution is 5.74. The van der Waals surface area contributed by atoms with Crippen molar-refractivity contribution in [1.29, 1.82) is 0 Å². The molecule has 0 bridgehead atoms. The highest BCUT2D eigenvalue weighted by Crippen LogP contribution is 2.22. The van der Waals surface area contributed by atoms with Gasteiger partial charge in [-0.05, 0) is 36.1 Å². The largest absolute Gasteiger partial charge is 0.264 e. The second-order valence-electron chi connectivity index (χ2n) is 2.99. The van der Waals surface area contributed by atoms with Crippen LogP contribution in [0.25, 0.3) is 11.6 Å². The summed E-state index contributed by atoms with van der Waals surface area (Å²) in [5.41, 5.74) is 3.87. The zero-order chi connectivity index (χ0) is 10.4. The molecule has 0 aromatic carbocycles. The van der Waals surface area contributed by atoms with E-state index in [4.69, 9.17) is 0 Å². The van der Waals surface area contributed by atoms with Gasteiger partial charge in [0.2, 0.25) is 0 Å². The Labute approximate surface area is 86.2 Å². The van der Waals surface area contributed by atoms with Gasteiger partial charge in [-0.3, -0.25) is 4.98 Å². The maximum Gasteiger partial charge on any atom is 0.0346 e. The molecule has 1 aromatic heterocycles. The van der Waals surface area contributed by atoms with Crippen molar-refractivity contribution in [2.75, 3.05) is 0 Å². The summed E-state index contributed by atoms with van der Waals surface area (Å²) >= 11 is 0. The highest BCUT2D eigenvalue weighted by atomic mass is 14.6. The van der Waals surface area contributed by atoms with Crippen molar-refractivity contribution < 1.29 is 0 Å². The first-order chi connectivity index (χ1) is 6.88. The van der Waals surface area contributed by atoms with Crippen molar-refractivity contribution in [1.82, 2.24) is 4.98 Å². The maximum absolute atomic E-state index is 4.10. The summed E-state index contributed by atoms with van der Waals surface area (Å²) in [5, 5.41) is 0. The number of nitrogens with zero attached hydrogens (tertiary/aromatic N) is 1. The van der Waals surface area contributed by atoms with Crippen LogP contribution >= 0.6 is 0 Å². The summed E-state index contributed by atoms with van der Waals surface area (Å²) in [6.07, 6.45) is 11.3. The molecule has 0 N–H and O–H groups in total. The van der Waals surface area contributed by atoms with E-state index in [-0.39, 0.29) is 0 Å². The van der Waals surface area contributed by atoms with Crippen LogP contribution in [0.4, 0.5) is 0 Å². The number of rotatable bonds is 0. The Morgan fingerprint density at radius 2 is 2.07 bits per heavy atom. The molecule has 0 fully saturated rings. The van der Waals surface area contributed by atoms with Gasteiger partial charge in [0.15, 0.2) is 0 Å². The Bertz CT molecular complexity index is 348. The monoisotopic (exact) mass is 187 g/mol. The third kappa shape index (κ3) is 2.32. The lowest BCUT2D eigenvalue weighted by molar-refractivity contribution is 1.30. The van der Waals surface area contributed by atoms with Crippen LogP contribution in [-0.2, 0) is 0 Å². The van der Waals surface area contributed by atoms with Crippen molar-refractivity contribution in [2.24, 2.45) is 0 Å². The third-order valence-electron chi connectivity index (χ3n) is 2.13. The number of hydrogen-bond acceptors (Lipinski definition) is 1. The topological polar surface area (TPSA) is 12.9 Å². The first-order valence-electron chi connectivity index (χ1n) is 5.15. The predicted molar refractivity (Wildman–Crippen MR) is 62.9 cm³/mol. The fourth-order valence-corrected chi connectivity index (χ4v) is 1.45. The molecule has 1 heterocycles. The highest BCUT2D eigenvalue weighted by Gasteiger charge is 2.02. The normalized spacial score (nSPS) is 13.2. The van der Waals surface area contributed by atoms with Gasteiger partial charge in [0, 0.05) is 12.4 Å². The summed E-state index contributed by atoms with van der Waals surface area (Å²) in [5.74, 6) is 0. The van der Waals surface area contributed by atoms with Crippen LogP contribution in [0.3, 0.4) is 0 Å². The van der Waals surface area contributed by atoms with Crippen LogP contribution in [0, 0.1) is 0 Å². The number of pyridine rings is 1. The van der Waals surface area contributed by atoms with E-state index < -0.39 is 0 Å². The molecular formula is C13H17N. The molecule has 1 aliphatic rings. The van der Waals surface area contributed by atoms with Crippen molar-refractivity contribution >= 4 is 11.6 Å². The minimum atomic E-state index is 1.03. The molecule has 0 saturated heterocycles. The van der Waals surface area contributed by atoms with Crippen molar-refractivity contribution in [3.63, 3.8) is 0 Å². The summed E-state index contributed by atoms with van der Waals surface area (Å²) in [4.78, 5) is 4.10. The van der Waals surface area contributed by atoms with E-state index in [9.17, 15) is 0 Å². The number of allylic oxidation sites excluding steroid dienone is 3. The molecule has 0 saturated carbocycles. The molecule has 1 aliphatic carbocycles. The van der Waals surface area contributed by atoms with Crippen molar-refractivity contribution in [2.45, 2.75) is 27.2 Å². The molecule has 14 heavy (non-hydrogen) atoms. The molecule has 0 unspecified atom stereocenters. The Balaban J connectivity index is 0.000000461. The minimum absolute atomic E-state index is 1.03. The number of fused-ring (bicyclic) bond motifs is 1. The Morgan fingerprint density at radius 1 is 1.29 bits per heavy atom. The van der Waals surface area contributed by atoms with Gasteiger partial charge in [0.1, 0.15) is 0 Å². The molecule has 1 aromatic rings. The summed E-state index contributed by atoms with van der Waals surface area (Å²) in [6, 6.07) is 2.07. The quantitative estimate of drug-likeness (QED) is 0.599. The first-order valence-corrected chi connectivity index (χ1v) is 5.15. The average Bonchev–Trinajstić information content (AvgIpc) is 2.45.